The molecule has 1 aromatic heterocycles. The zero-order valence-electron chi connectivity index (χ0n) is 15.2. The number of nitrogens with one attached hydrogen (secondary N) is 1. The number of rotatable bonds is 4. The Kier molecular flexibility index (Phi) is 5.57. The van der Waals surface area contributed by atoms with Gasteiger partial charge in [-0.25, -0.2) is 0 Å². The summed E-state index contributed by atoms with van der Waals surface area (Å²) in [4.78, 5) is 27.2. The predicted molar refractivity (Wildman–Crippen MR) is 107 cm³/mol. The van der Waals surface area contributed by atoms with Crippen LogP contribution in [-0.2, 0) is 0 Å². The van der Waals surface area contributed by atoms with Gasteiger partial charge < -0.3 is 10.2 Å². The number of hydrogen-bond acceptors (Lipinski definition) is 3. The summed E-state index contributed by atoms with van der Waals surface area (Å²) in [6.07, 6.45) is 1.69. The molecular formula is C21H24N2O2S. The van der Waals surface area contributed by atoms with E-state index in [-0.39, 0.29) is 11.8 Å². The SMILES string of the molecule is C=C1CCN(C(=O)c2ccsc2NC(=O)c2ccc(C(C)C)cc2)CC1. The van der Waals surface area contributed by atoms with Gasteiger partial charge in [-0.3, -0.25) is 9.59 Å². The smallest absolute Gasteiger partial charge is 0.256 e. The van der Waals surface area contributed by atoms with Crippen molar-refractivity contribution in [2.45, 2.75) is 32.6 Å². The van der Waals surface area contributed by atoms with Gasteiger partial charge in [-0.2, -0.15) is 0 Å². The van der Waals surface area contributed by atoms with Crippen LogP contribution in [0.2, 0.25) is 0 Å². The van der Waals surface area contributed by atoms with Crippen LogP contribution < -0.4 is 5.32 Å². The topological polar surface area (TPSA) is 49.4 Å². The molecule has 2 amide bonds. The zero-order valence-corrected chi connectivity index (χ0v) is 16.1. The molecule has 0 bridgehead atoms. The summed E-state index contributed by atoms with van der Waals surface area (Å²) < 4.78 is 0. The molecule has 0 unspecified atom stereocenters. The highest BCUT2D eigenvalue weighted by Crippen LogP contribution is 2.27. The van der Waals surface area contributed by atoms with Crippen molar-refractivity contribution in [2.24, 2.45) is 0 Å². The molecule has 0 saturated carbocycles. The summed E-state index contributed by atoms with van der Waals surface area (Å²) in [5.41, 5.74) is 3.54. The summed E-state index contributed by atoms with van der Waals surface area (Å²) in [6.45, 7) is 9.61. The highest BCUT2D eigenvalue weighted by Gasteiger charge is 2.23. The van der Waals surface area contributed by atoms with Crippen LogP contribution in [0.5, 0.6) is 0 Å². The van der Waals surface area contributed by atoms with E-state index in [1.54, 1.807) is 6.07 Å². The van der Waals surface area contributed by atoms with Crippen LogP contribution in [0.25, 0.3) is 0 Å². The van der Waals surface area contributed by atoms with Crippen molar-refractivity contribution in [3.63, 3.8) is 0 Å². The van der Waals surface area contributed by atoms with Crippen LogP contribution >= 0.6 is 11.3 Å². The normalized spacial score (nSPS) is 14.6. The van der Waals surface area contributed by atoms with Crippen LogP contribution in [0.4, 0.5) is 5.00 Å². The maximum Gasteiger partial charge on any atom is 0.256 e. The highest BCUT2D eigenvalue weighted by molar-refractivity contribution is 7.14. The van der Waals surface area contributed by atoms with E-state index in [1.807, 2.05) is 34.5 Å². The van der Waals surface area contributed by atoms with Crippen LogP contribution in [0.3, 0.4) is 0 Å². The summed E-state index contributed by atoms with van der Waals surface area (Å²) in [7, 11) is 0. The molecule has 1 N–H and O–H groups in total. The average molecular weight is 369 g/mol. The summed E-state index contributed by atoms with van der Waals surface area (Å²) in [5.74, 6) is 0.210. The number of hydrogen-bond donors (Lipinski definition) is 1. The molecule has 1 aromatic carbocycles. The van der Waals surface area contributed by atoms with Crippen LogP contribution in [0.15, 0.2) is 47.9 Å². The fraction of sp³-hybridized carbons (Fsp3) is 0.333. The quantitative estimate of drug-likeness (QED) is 0.779. The summed E-state index contributed by atoms with van der Waals surface area (Å²) in [6, 6.07) is 9.39. The molecule has 0 aliphatic carbocycles. The lowest BCUT2D eigenvalue weighted by Crippen LogP contribution is -2.36. The first-order chi connectivity index (χ1) is 12.5. The molecule has 1 saturated heterocycles. The van der Waals surface area contributed by atoms with Crippen molar-refractivity contribution in [2.75, 3.05) is 18.4 Å². The van der Waals surface area contributed by atoms with Crippen molar-refractivity contribution >= 4 is 28.2 Å². The first-order valence-electron chi connectivity index (χ1n) is 8.90. The average Bonchev–Trinajstić information content (AvgIpc) is 3.10. The fourth-order valence-corrected chi connectivity index (χ4v) is 3.74. The minimum absolute atomic E-state index is 0.0239. The Balaban J connectivity index is 1.71. The van der Waals surface area contributed by atoms with Crippen molar-refractivity contribution in [3.8, 4) is 0 Å². The first kappa shape index (κ1) is 18.4. The van der Waals surface area contributed by atoms with Crippen LogP contribution in [0, 0.1) is 0 Å². The predicted octanol–water partition coefficient (Wildman–Crippen LogP) is 4.92. The lowest BCUT2D eigenvalue weighted by Gasteiger charge is -2.28. The Morgan fingerprint density at radius 1 is 1.12 bits per heavy atom. The van der Waals surface area contributed by atoms with Gasteiger partial charge in [-0.1, -0.05) is 38.1 Å². The van der Waals surface area contributed by atoms with Crippen LogP contribution in [0.1, 0.15) is 58.9 Å². The number of anilines is 1. The Morgan fingerprint density at radius 2 is 1.77 bits per heavy atom. The van der Waals surface area contributed by atoms with Gasteiger partial charge in [0, 0.05) is 18.7 Å². The molecule has 2 heterocycles. The minimum atomic E-state index is -0.191. The van der Waals surface area contributed by atoms with E-state index in [2.05, 4.69) is 25.7 Å². The molecule has 1 aliphatic heterocycles. The third kappa shape index (κ3) is 4.05. The number of carbonyl (C=O) groups excluding carboxylic acids is 2. The van der Waals surface area contributed by atoms with E-state index in [0.29, 0.717) is 35.1 Å². The number of thiophene rings is 1. The molecule has 4 nitrogen and oxygen atoms in total. The maximum absolute atomic E-state index is 12.8. The van der Waals surface area contributed by atoms with E-state index >= 15 is 0 Å². The number of piperidine rings is 1. The Morgan fingerprint density at radius 3 is 2.38 bits per heavy atom. The third-order valence-corrected chi connectivity index (χ3v) is 5.55. The van der Waals surface area contributed by atoms with Crippen molar-refractivity contribution in [1.82, 2.24) is 4.90 Å². The van der Waals surface area contributed by atoms with E-state index in [9.17, 15) is 9.59 Å². The molecular weight excluding hydrogens is 344 g/mol. The fourth-order valence-electron chi connectivity index (χ4n) is 2.97. The number of amides is 2. The monoisotopic (exact) mass is 368 g/mol. The van der Waals surface area contributed by atoms with Crippen molar-refractivity contribution in [3.05, 3.63) is 64.6 Å². The van der Waals surface area contributed by atoms with Gasteiger partial charge in [0.05, 0.1) is 5.56 Å². The Bertz CT molecular complexity index is 811. The molecule has 1 fully saturated rings. The lowest BCUT2D eigenvalue weighted by molar-refractivity contribution is 0.0745. The summed E-state index contributed by atoms with van der Waals surface area (Å²) >= 11 is 1.38. The van der Waals surface area contributed by atoms with E-state index in [4.69, 9.17) is 0 Å². The molecule has 2 aromatic rings. The van der Waals surface area contributed by atoms with E-state index < -0.39 is 0 Å². The molecule has 1 aliphatic rings. The number of likely N-dealkylation sites (tertiary alicyclic amines) is 1. The van der Waals surface area contributed by atoms with Gasteiger partial charge >= 0.3 is 0 Å². The van der Waals surface area contributed by atoms with Gasteiger partial charge in [0.25, 0.3) is 11.8 Å². The third-order valence-electron chi connectivity index (χ3n) is 4.72. The molecule has 0 radical (unpaired) electrons. The molecule has 3 rings (SSSR count). The molecule has 26 heavy (non-hydrogen) atoms. The Labute approximate surface area is 158 Å². The van der Waals surface area contributed by atoms with Crippen molar-refractivity contribution in [1.29, 1.82) is 0 Å². The van der Waals surface area contributed by atoms with Gasteiger partial charge in [0.15, 0.2) is 0 Å². The minimum Gasteiger partial charge on any atom is -0.338 e. The van der Waals surface area contributed by atoms with Gasteiger partial charge in [0.1, 0.15) is 5.00 Å². The number of carbonyl (C=O) groups is 2. The molecule has 5 heteroatoms. The molecule has 0 atom stereocenters. The number of benzene rings is 1. The second-order valence-corrected chi connectivity index (χ2v) is 7.85. The highest BCUT2D eigenvalue weighted by atomic mass is 32.1. The van der Waals surface area contributed by atoms with Gasteiger partial charge in [-0.15, -0.1) is 11.3 Å². The Hall–Kier alpha value is -2.40. The number of nitrogens with zero attached hydrogens (tertiary/aromatic N) is 1. The van der Waals surface area contributed by atoms with Crippen LogP contribution in [-0.4, -0.2) is 29.8 Å². The second kappa shape index (κ2) is 7.87. The second-order valence-electron chi connectivity index (χ2n) is 6.94. The van der Waals surface area contributed by atoms with E-state index in [0.717, 1.165) is 12.8 Å². The van der Waals surface area contributed by atoms with E-state index in [1.165, 1.54) is 22.5 Å². The summed E-state index contributed by atoms with van der Waals surface area (Å²) in [5, 5.41) is 5.35. The first-order valence-corrected chi connectivity index (χ1v) is 9.78. The lowest BCUT2D eigenvalue weighted by atomic mass is 10.0. The molecule has 136 valence electrons. The maximum atomic E-state index is 12.8. The zero-order chi connectivity index (χ0) is 18.7. The standard InChI is InChI=1S/C21H24N2O2S/c1-14(2)16-4-6-17(7-5-16)19(24)22-20-18(10-13-26-20)21(25)23-11-8-15(3)9-12-23/h4-7,10,13-14H,3,8-9,11-12H2,1-2H3,(H,22,24). The van der Waals surface area contributed by atoms with Gasteiger partial charge in [0.2, 0.25) is 0 Å². The largest absolute Gasteiger partial charge is 0.338 e. The molecule has 0 spiro atoms. The van der Waals surface area contributed by atoms with Crippen molar-refractivity contribution < 1.29 is 9.59 Å². The van der Waals surface area contributed by atoms with Gasteiger partial charge in [-0.05, 0) is 47.9 Å².